The summed E-state index contributed by atoms with van der Waals surface area (Å²) >= 11 is 0. The molecule has 1 aliphatic heterocycles. The molecule has 0 aromatic carbocycles. The molecular weight excluding hydrogens is 835 g/mol. The molecule has 0 aromatic heterocycles. The Bertz CT molecular complexity index is 1230. The lowest BCUT2D eigenvalue weighted by Crippen LogP contribution is -2.37. The molecule has 0 spiro atoms. The summed E-state index contributed by atoms with van der Waals surface area (Å²) in [5.74, 6) is 0.0318. The second kappa shape index (κ2) is 46.2. The van der Waals surface area contributed by atoms with Crippen molar-refractivity contribution < 1.29 is 29.0 Å². The molecule has 392 valence electrons. The van der Waals surface area contributed by atoms with Crippen LogP contribution in [0, 0.1) is 0 Å². The van der Waals surface area contributed by atoms with Crippen LogP contribution in [-0.2, 0) is 23.9 Å². The SMILES string of the molecule is CCCCCCCCC/C(=C\CC(=O)N1CCC(=CC(O)CN(CCCCCCCCC)CCCC(=O)OCCCCC)CC1)CCN(CCCCCCCCC)CCCC(=O)OCCCC. The van der Waals surface area contributed by atoms with Crippen molar-refractivity contribution in [1.29, 1.82) is 0 Å². The van der Waals surface area contributed by atoms with Crippen LogP contribution in [-0.4, -0.2) is 109 Å². The summed E-state index contributed by atoms with van der Waals surface area (Å²) in [5.41, 5.74) is 2.66. The van der Waals surface area contributed by atoms with Gasteiger partial charge in [0.05, 0.1) is 19.3 Å². The van der Waals surface area contributed by atoms with E-state index in [1.54, 1.807) is 0 Å². The highest BCUT2D eigenvalue weighted by atomic mass is 16.5. The Morgan fingerprint density at radius 1 is 0.507 bits per heavy atom. The predicted molar refractivity (Wildman–Crippen MR) is 284 cm³/mol. The summed E-state index contributed by atoms with van der Waals surface area (Å²) in [6.07, 6.45) is 42.1. The zero-order valence-electron chi connectivity index (χ0n) is 44.9. The summed E-state index contributed by atoms with van der Waals surface area (Å²) in [4.78, 5) is 45.4. The lowest BCUT2D eigenvalue weighted by atomic mass is 9.99. The van der Waals surface area contributed by atoms with Gasteiger partial charge in [0.25, 0.3) is 0 Å². The number of carbonyl (C=O) groups excluding carboxylic acids is 3. The highest BCUT2D eigenvalue weighted by Gasteiger charge is 2.20. The Kier molecular flexibility index (Phi) is 43.3. The number of nitrogens with zero attached hydrogens (tertiary/aromatic N) is 3. The number of rotatable bonds is 47. The van der Waals surface area contributed by atoms with E-state index in [0.717, 1.165) is 110 Å². The van der Waals surface area contributed by atoms with Crippen molar-refractivity contribution in [2.75, 3.05) is 65.6 Å². The van der Waals surface area contributed by atoms with E-state index in [1.807, 2.05) is 4.90 Å². The van der Waals surface area contributed by atoms with Crippen LogP contribution in [0.3, 0.4) is 0 Å². The van der Waals surface area contributed by atoms with Crippen LogP contribution in [0.15, 0.2) is 23.3 Å². The summed E-state index contributed by atoms with van der Waals surface area (Å²) in [6.45, 7) is 18.7. The standard InChI is InChI=1S/C58H109N3O6/c1-6-11-16-19-22-25-28-34-53(39-46-59(42-29-26-23-20-17-12-7-2)44-32-35-57(64)66-49-15-10-5)37-38-56(63)61-47-40-54(41-48-61)51-55(62)52-60(43-30-27-24-21-18-13-8-3)45-33-36-58(65)67-50-31-14-9-4/h37,51,55,62H,6-36,38-50,52H2,1-5H3/b53-37+. The molecule has 67 heavy (non-hydrogen) atoms. The molecule has 0 saturated carbocycles. The van der Waals surface area contributed by atoms with Crippen LogP contribution in [0.25, 0.3) is 0 Å². The van der Waals surface area contributed by atoms with Gasteiger partial charge in [0.1, 0.15) is 0 Å². The van der Waals surface area contributed by atoms with Gasteiger partial charge in [-0.2, -0.15) is 0 Å². The first-order chi connectivity index (χ1) is 32.8. The number of unbranched alkanes of at least 4 members (excludes halogenated alkanes) is 21. The molecule has 1 amide bonds. The molecule has 9 nitrogen and oxygen atoms in total. The van der Waals surface area contributed by atoms with Gasteiger partial charge in [-0.15, -0.1) is 0 Å². The zero-order valence-corrected chi connectivity index (χ0v) is 44.9. The largest absolute Gasteiger partial charge is 0.466 e. The van der Waals surface area contributed by atoms with Gasteiger partial charge in [-0.3, -0.25) is 14.4 Å². The van der Waals surface area contributed by atoms with E-state index < -0.39 is 6.10 Å². The maximum absolute atomic E-state index is 13.7. The first-order valence-corrected chi connectivity index (χ1v) is 28.8. The first-order valence-electron chi connectivity index (χ1n) is 28.8. The van der Waals surface area contributed by atoms with Gasteiger partial charge >= 0.3 is 11.9 Å². The summed E-state index contributed by atoms with van der Waals surface area (Å²) < 4.78 is 10.9. The number of likely N-dealkylation sites (tertiary alicyclic amines) is 1. The van der Waals surface area contributed by atoms with Crippen LogP contribution in [0.1, 0.15) is 259 Å². The first kappa shape index (κ1) is 62.8. The highest BCUT2D eigenvalue weighted by Crippen LogP contribution is 2.21. The second-order valence-electron chi connectivity index (χ2n) is 20.1. The normalized spacial score (nSPS) is 13.8. The molecule has 0 bridgehead atoms. The van der Waals surface area contributed by atoms with E-state index in [1.165, 1.54) is 140 Å². The molecular formula is C58H109N3O6. The molecule has 1 unspecified atom stereocenters. The number of carbonyl (C=O) groups is 3. The van der Waals surface area contributed by atoms with E-state index in [-0.39, 0.29) is 17.8 Å². The fraction of sp³-hybridized carbons (Fsp3) is 0.879. The number of aliphatic hydroxyl groups excluding tert-OH is 1. The lowest BCUT2D eigenvalue weighted by Gasteiger charge is -2.29. The molecule has 0 aliphatic carbocycles. The van der Waals surface area contributed by atoms with E-state index >= 15 is 0 Å². The molecule has 0 aromatic rings. The number of hydrogen-bond acceptors (Lipinski definition) is 8. The molecule has 1 N–H and O–H groups in total. The Morgan fingerprint density at radius 3 is 1.48 bits per heavy atom. The molecule has 1 heterocycles. The Labute approximate surface area is 414 Å². The van der Waals surface area contributed by atoms with E-state index in [9.17, 15) is 19.5 Å². The number of esters is 2. The summed E-state index contributed by atoms with van der Waals surface area (Å²) in [5, 5.41) is 11.3. The van der Waals surface area contributed by atoms with Gasteiger partial charge in [0, 0.05) is 45.4 Å². The van der Waals surface area contributed by atoms with Gasteiger partial charge in [0.2, 0.25) is 5.91 Å². The molecule has 1 fully saturated rings. The Hall–Kier alpha value is -2.23. The van der Waals surface area contributed by atoms with Crippen LogP contribution < -0.4 is 0 Å². The number of hydrogen-bond donors (Lipinski definition) is 1. The molecule has 1 saturated heterocycles. The second-order valence-corrected chi connectivity index (χ2v) is 20.1. The summed E-state index contributed by atoms with van der Waals surface area (Å²) in [6, 6.07) is 0. The van der Waals surface area contributed by atoms with E-state index in [2.05, 4.69) is 56.6 Å². The van der Waals surface area contributed by atoms with Crippen molar-refractivity contribution in [3.63, 3.8) is 0 Å². The maximum atomic E-state index is 13.7. The predicted octanol–water partition coefficient (Wildman–Crippen LogP) is 14.5. The van der Waals surface area contributed by atoms with Crippen molar-refractivity contribution in [3.05, 3.63) is 23.3 Å². The minimum atomic E-state index is -0.565. The number of piperidine rings is 1. The zero-order chi connectivity index (χ0) is 48.8. The third-order valence-electron chi connectivity index (χ3n) is 13.7. The van der Waals surface area contributed by atoms with E-state index in [0.29, 0.717) is 52.1 Å². The number of ether oxygens (including phenoxy) is 2. The topological polar surface area (TPSA) is 99.6 Å². The van der Waals surface area contributed by atoms with Crippen LogP contribution in [0.5, 0.6) is 0 Å². The maximum Gasteiger partial charge on any atom is 0.305 e. The van der Waals surface area contributed by atoms with Gasteiger partial charge in [-0.25, -0.2) is 0 Å². The van der Waals surface area contributed by atoms with Crippen LogP contribution >= 0.6 is 0 Å². The van der Waals surface area contributed by atoms with Gasteiger partial charge in [-0.05, 0) is 96.8 Å². The minimum absolute atomic E-state index is 0.0696. The Balaban J connectivity index is 2.86. The monoisotopic (exact) mass is 944 g/mol. The Morgan fingerprint density at radius 2 is 0.940 bits per heavy atom. The molecule has 1 aliphatic rings. The fourth-order valence-corrected chi connectivity index (χ4v) is 9.22. The van der Waals surface area contributed by atoms with Crippen molar-refractivity contribution in [2.24, 2.45) is 0 Å². The average molecular weight is 945 g/mol. The summed E-state index contributed by atoms with van der Waals surface area (Å²) in [7, 11) is 0. The van der Waals surface area contributed by atoms with Gasteiger partial charge in [0.15, 0.2) is 0 Å². The molecule has 9 heteroatoms. The quantitative estimate of drug-likeness (QED) is 0.0366. The van der Waals surface area contributed by atoms with Crippen molar-refractivity contribution >= 4 is 17.8 Å². The fourth-order valence-electron chi connectivity index (χ4n) is 9.22. The average Bonchev–Trinajstić information content (AvgIpc) is 3.32. The van der Waals surface area contributed by atoms with Crippen molar-refractivity contribution in [2.45, 2.75) is 265 Å². The number of aliphatic hydroxyl groups is 1. The third-order valence-corrected chi connectivity index (χ3v) is 13.7. The lowest BCUT2D eigenvalue weighted by molar-refractivity contribution is -0.144. The third kappa shape index (κ3) is 38.2. The van der Waals surface area contributed by atoms with Crippen LogP contribution in [0.4, 0.5) is 0 Å². The molecule has 1 rings (SSSR count). The molecule has 1 atom stereocenters. The highest BCUT2D eigenvalue weighted by molar-refractivity contribution is 5.78. The van der Waals surface area contributed by atoms with Crippen molar-refractivity contribution in [3.8, 4) is 0 Å². The van der Waals surface area contributed by atoms with Crippen LogP contribution in [0.2, 0.25) is 0 Å². The van der Waals surface area contributed by atoms with E-state index in [4.69, 9.17) is 9.47 Å². The van der Waals surface area contributed by atoms with Crippen molar-refractivity contribution in [1.82, 2.24) is 14.7 Å². The molecule has 0 radical (unpaired) electrons. The minimum Gasteiger partial charge on any atom is -0.466 e. The smallest absolute Gasteiger partial charge is 0.305 e. The van der Waals surface area contributed by atoms with Gasteiger partial charge in [-0.1, -0.05) is 193 Å². The number of amides is 1. The van der Waals surface area contributed by atoms with Gasteiger partial charge < -0.3 is 29.3 Å².